The number of amides is 2. The summed E-state index contributed by atoms with van der Waals surface area (Å²) < 4.78 is 27.1. The summed E-state index contributed by atoms with van der Waals surface area (Å²) in [6.07, 6.45) is 1.33. The Hall–Kier alpha value is -3.36. The van der Waals surface area contributed by atoms with Gasteiger partial charge in [-0.25, -0.2) is 8.42 Å². The van der Waals surface area contributed by atoms with E-state index in [4.69, 9.17) is 11.6 Å². The molecule has 0 radical (unpaired) electrons. The van der Waals surface area contributed by atoms with Gasteiger partial charge in [0.1, 0.15) is 12.6 Å². The molecule has 0 fully saturated rings. The van der Waals surface area contributed by atoms with Crippen molar-refractivity contribution < 1.29 is 18.0 Å². The summed E-state index contributed by atoms with van der Waals surface area (Å²) in [5.74, 6) is -0.825. The highest BCUT2D eigenvalue weighted by atomic mass is 35.5. The summed E-state index contributed by atoms with van der Waals surface area (Å²) >= 11 is 6.11. The largest absolute Gasteiger partial charge is 0.350 e. The molecule has 9 heteroatoms. The van der Waals surface area contributed by atoms with Crippen LogP contribution in [0.2, 0.25) is 5.02 Å². The number of anilines is 1. The maximum atomic E-state index is 14.2. The van der Waals surface area contributed by atoms with E-state index >= 15 is 0 Å². The van der Waals surface area contributed by atoms with Crippen LogP contribution in [0.25, 0.3) is 0 Å². The molecule has 42 heavy (non-hydrogen) atoms. The molecule has 3 aromatic rings. The number of hydrogen-bond donors (Lipinski definition) is 1. The van der Waals surface area contributed by atoms with Crippen LogP contribution in [0.5, 0.6) is 0 Å². The maximum absolute atomic E-state index is 14.2. The molecule has 1 atom stereocenters. The molecule has 0 saturated heterocycles. The molecule has 3 rings (SSSR count). The van der Waals surface area contributed by atoms with E-state index in [2.05, 4.69) is 26.1 Å². The molecule has 7 nitrogen and oxygen atoms in total. The summed E-state index contributed by atoms with van der Waals surface area (Å²) in [6.45, 7) is 11.5. The minimum absolute atomic E-state index is 0.0889. The van der Waals surface area contributed by atoms with E-state index in [0.717, 1.165) is 27.3 Å². The zero-order valence-corrected chi connectivity index (χ0v) is 27.1. The van der Waals surface area contributed by atoms with Gasteiger partial charge in [0.05, 0.1) is 11.9 Å². The number of hydrogen-bond acceptors (Lipinski definition) is 4. The van der Waals surface area contributed by atoms with Crippen molar-refractivity contribution in [3.8, 4) is 0 Å². The van der Waals surface area contributed by atoms with Gasteiger partial charge in [0.25, 0.3) is 0 Å². The SMILES string of the molecule is CC(C)(C)NC(=O)[C@@H](Cc1ccccc1)N(Cc1ccc(Cl)cc1)C(=O)CN(c1ccc(C(C)(C)C)cc1)S(C)(=O)=O. The lowest BCUT2D eigenvalue weighted by Crippen LogP contribution is -2.56. The van der Waals surface area contributed by atoms with Gasteiger partial charge < -0.3 is 10.2 Å². The molecule has 0 saturated carbocycles. The van der Waals surface area contributed by atoms with Crippen LogP contribution in [-0.4, -0.2) is 49.5 Å². The van der Waals surface area contributed by atoms with E-state index in [1.54, 1.807) is 36.4 Å². The van der Waals surface area contributed by atoms with Gasteiger partial charge in [-0.15, -0.1) is 0 Å². The third kappa shape index (κ3) is 9.60. The molecule has 0 aliphatic heterocycles. The van der Waals surface area contributed by atoms with Crippen molar-refractivity contribution in [2.24, 2.45) is 0 Å². The number of sulfonamides is 1. The van der Waals surface area contributed by atoms with Crippen LogP contribution in [0, 0.1) is 0 Å². The first-order chi connectivity index (χ1) is 19.4. The Kier molecular flexibility index (Phi) is 10.5. The maximum Gasteiger partial charge on any atom is 0.244 e. The van der Waals surface area contributed by atoms with Crippen molar-refractivity contribution in [1.82, 2.24) is 10.2 Å². The van der Waals surface area contributed by atoms with Gasteiger partial charge in [-0.1, -0.05) is 87.0 Å². The third-order valence-electron chi connectivity index (χ3n) is 6.74. The molecule has 3 aromatic carbocycles. The van der Waals surface area contributed by atoms with Crippen LogP contribution in [0.15, 0.2) is 78.9 Å². The van der Waals surface area contributed by atoms with Crippen molar-refractivity contribution >= 4 is 39.1 Å². The minimum atomic E-state index is -3.84. The van der Waals surface area contributed by atoms with E-state index in [9.17, 15) is 18.0 Å². The van der Waals surface area contributed by atoms with Crippen molar-refractivity contribution in [2.75, 3.05) is 17.1 Å². The van der Waals surface area contributed by atoms with E-state index in [1.807, 2.05) is 63.2 Å². The van der Waals surface area contributed by atoms with Crippen LogP contribution >= 0.6 is 11.6 Å². The standard InChI is InChI=1S/C33H42ClN3O4S/c1-32(2,3)26-15-19-28(20-16-26)37(42(7,40)41)23-30(38)36(22-25-13-17-27(34)18-14-25)29(31(39)35-33(4,5)6)21-24-11-9-8-10-12-24/h8-20,29H,21-23H2,1-7H3,(H,35,39)/t29-/m1/s1. The molecule has 0 heterocycles. The summed E-state index contributed by atoms with van der Waals surface area (Å²) in [5, 5.41) is 3.57. The number of halogens is 1. The Morgan fingerprint density at radius 1 is 0.833 bits per heavy atom. The van der Waals surface area contributed by atoms with Gasteiger partial charge in [-0.05, 0) is 67.1 Å². The second-order valence-electron chi connectivity index (χ2n) is 12.7. The highest BCUT2D eigenvalue weighted by Gasteiger charge is 2.34. The zero-order chi connectivity index (χ0) is 31.3. The molecule has 0 aromatic heterocycles. The predicted octanol–water partition coefficient (Wildman–Crippen LogP) is 5.96. The van der Waals surface area contributed by atoms with Gasteiger partial charge in [0.15, 0.2) is 0 Å². The average Bonchev–Trinajstić information content (AvgIpc) is 2.88. The van der Waals surface area contributed by atoms with Crippen molar-refractivity contribution in [1.29, 1.82) is 0 Å². The minimum Gasteiger partial charge on any atom is -0.350 e. The first-order valence-electron chi connectivity index (χ1n) is 13.9. The molecule has 226 valence electrons. The van der Waals surface area contributed by atoms with Crippen LogP contribution in [0.1, 0.15) is 58.2 Å². The highest BCUT2D eigenvalue weighted by Crippen LogP contribution is 2.26. The second kappa shape index (κ2) is 13.3. The molecule has 0 unspecified atom stereocenters. The summed E-state index contributed by atoms with van der Waals surface area (Å²) in [5.41, 5.74) is 2.38. The normalized spacial score (nSPS) is 12.9. The molecule has 0 bridgehead atoms. The fourth-order valence-corrected chi connectivity index (χ4v) is 5.51. The van der Waals surface area contributed by atoms with Crippen LogP contribution in [-0.2, 0) is 38.0 Å². The molecule has 0 aliphatic rings. The van der Waals surface area contributed by atoms with Crippen LogP contribution in [0.3, 0.4) is 0 Å². The lowest BCUT2D eigenvalue weighted by atomic mass is 9.87. The van der Waals surface area contributed by atoms with E-state index < -0.39 is 34.1 Å². The highest BCUT2D eigenvalue weighted by molar-refractivity contribution is 7.92. The number of nitrogens with zero attached hydrogens (tertiary/aromatic N) is 2. The Morgan fingerprint density at radius 2 is 1.40 bits per heavy atom. The Morgan fingerprint density at radius 3 is 1.90 bits per heavy atom. The summed E-state index contributed by atoms with van der Waals surface area (Å²) in [7, 11) is -3.84. The van der Waals surface area contributed by atoms with Gasteiger partial charge >= 0.3 is 0 Å². The Labute approximate surface area is 255 Å². The number of rotatable bonds is 10. The number of benzene rings is 3. The van der Waals surface area contributed by atoms with E-state index in [1.165, 1.54) is 4.90 Å². The Bertz CT molecular complexity index is 1460. The summed E-state index contributed by atoms with van der Waals surface area (Å²) in [4.78, 5) is 29.4. The molecule has 0 spiro atoms. The van der Waals surface area contributed by atoms with Crippen molar-refractivity contribution in [3.05, 3.63) is 101 Å². The molecule has 0 aliphatic carbocycles. The fourth-order valence-electron chi connectivity index (χ4n) is 4.53. The quantitative estimate of drug-likeness (QED) is 0.307. The topological polar surface area (TPSA) is 86.8 Å². The summed E-state index contributed by atoms with van der Waals surface area (Å²) in [6, 6.07) is 22.8. The van der Waals surface area contributed by atoms with Crippen molar-refractivity contribution in [3.63, 3.8) is 0 Å². The van der Waals surface area contributed by atoms with E-state index in [0.29, 0.717) is 10.7 Å². The molecular weight excluding hydrogens is 570 g/mol. The average molecular weight is 612 g/mol. The second-order valence-corrected chi connectivity index (χ2v) is 15.0. The number of nitrogens with one attached hydrogen (secondary N) is 1. The predicted molar refractivity (Wildman–Crippen MR) is 171 cm³/mol. The molecular formula is C33H42ClN3O4S. The van der Waals surface area contributed by atoms with Gasteiger partial charge in [0.2, 0.25) is 21.8 Å². The monoisotopic (exact) mass is 611 g/mol. The number of carbonyl (C=O) groups is 2. The molecule has 2 amide bonds. The Balaban J connectivity index is 2.06. The first kappa shape index (κ1) is 33.1. The van der Waals surface area contributed by atoms with E-state index in [-0.39, 0.29) is 24.3 Å². The van der Waals surface area contributed by atoms with Gasteiger partial charge in [0, 0.05) is 23.5 Å². The lowest BCUT2D eigenvalue weighted by Gasteiger charge is -2.35. The molecule has 1 N–H and O–H groups in total. The number of carbonyl (C=O) groups excluding carboxylic acids is 2. The van der Waals surface area contributed by atoms with Crippen molar-refractivity contribution in [2.45, 2.75) is 71.5 Å². The van der Waals surface area contributed by atoms with Gasteiger partial charge in [-0.3, -0.25) is 13.9 Å². The lowest BCUT2D eigenvalue weighted by molar-refractivity contribution is -0.140. The smallest absolute Gasteiger partial charge is 0.244 e. The zero-order valence-electron chi connectivity index (χ0n) is 25.5. The van der Waals surface area contributed by atoms with Gasteiger partial charge in [-0.2, -0.15) is 0 Å². The fraction of sp³-hybridized carbons (Fsp3) is 0.394. The van der Waals surface area contributed by atoms with Crippen LogP contribution in [0.4, 0.5) is 5.69 Å². The van der Waals surface area contributed by atoms with Crippen LogP contribution < -0.4 is 9.62 Å². The first-order valence-corrected chi connectivity index (χ1v) is 16.1. The third-order valence-corrected chi connectivity index (χ3v) is 8.13.